The topological polar surface area (TPSA) is 107 Å². The number of anilines is 4. The van der Waals surface area contributed by atoms with Gasteiger partial charge in [-0.25, -0.2) is 9.97 Å². The summed E-state index contributed by atoms with van der Waals surface area (Å²) in [6.07, 6.45) is 10.4. The Kier molecular flexibility index (Phi) is 6.44. The number of piperazine rings is 2. The number of hydrogen-bond donors (Lipinski definition) is 2. The maximum Gasteiger partial charge on any atom is 0.243 e. The summed E-state index contributed by atoms with van der Waals surface area (Å²) in [5, 5.41) is 6.27. The van der Waals surface area contributed by atoms with Crippen LogP contribution >= 0.6 is 0 Å². The van der Waals surface area contributed by atoms with E-state index >= 15 is 0 Å². The number of pyridine rings is 1. The Morgan fingerprint density at radius 2 is 1.89 bits per heavy atom. The van der Waals surface area contributed by atoms with E-state index in [-0.39, 0.29) is 23.7 Å². The second-order valence-electron chi connectivity index (χ2n) is 10.8. The van der Waals surface area contributed by atoms with Crippen LogP contribution in [0.5, 0.6) is 0 Å². The first-order chi connectivity index (χ1) is 18.1. The Hall–Kier alpha value is -3.27. The number of carbonyl (C=O) groups is 2. The summed E-state index contributed by atoms with van der Waals surface area (Å²) in [5.41, 5.74) is 1.44. The Balaban J connectivity index is 1.19. The standard InChI is InChI=1S/C27H36N8O2/c1-2-3-10-33-11-13-34(14-12-33)19-6-7-23(28-16-19)31-26-29-17-20-22(36)15-21-25(37)30-18-27(8-4-5-9-27)35(21)24(20)32-26/h6-7,16-17,21H,2-5,8-15,18H2,1H3,(H,30,37)(H,28,29,31,32). The van der Waals surface area contributed by atoms with E-state index in [4.69, 9.17) is 4.98 Å². The van der Waals surface area contributed by atoms with Gasteiger partial charge in [-0.3, -0.25) is 14.5 Å². The molecule has 3 aliphatic heterocycles. The van der Waals surface area contributed by atoms with Crippen molar-refractivity contribution in [3.05, 3.63) is 30.1 Å². The molecule has 1 spiro atoms. The van der Waals surface area contributed by atoms with Crippen molar-refractivity contribution in [2.24, 2.45) is 0 Å². The zero-order valence-corrected chi connectivity index (χ0v) is 21.6. The van der Waals surface area contributed by atoms with Crippen LogP contribution in [-0.2, 0) is 4.79 Å². The Morgan fingerprint density at radius 1 is 1.08 bits per heavy atom. The van der Waals surface area contributed by atoms with Crippen molar-refractivity contribution in [3.8, 4) is 0 Å². The highest BCUT2D eigenvalue weighted by atomic mass is 16.2. The monoisotopic (exact) mass is 504 g/mol. The minimum absolute atomic E-state index is 0.0785. The predicted molar refractivity (Wildman–Crippen MR) is 143 cm³/mol. The maximum atomic E-state index is 12.9. The highest BCUT2D eigenvalue weighted by Crippen LogP contribution is 2.44. The Morgan fingerprint density at radius 3 is 2.62 bits per heavy atom. The molecule has 1 amide bonds. The molecule has 1 atom stereocenters. The van der Waals surface area contributed by atoms with Crippen LogP contribution in [0.2, 0.25) is 0 Å². The number of nitrogens with one attached hydrogen (secondary N) is 2. The van der Waals surface area contributed by atoms with Crippen molar-refractivity contribution in [1.29, 1.82) is 0 Å². The second-order valence-corrected chi connectivity index (χ2v) is 10.8. The lowest BCUT2D eigenvalue weighted by Gasteiger charge is -2.51. The number of unbranched alkanes of at least 4 members (excludes halogenated alkanes) is 1. The minimum atomic E-state index is -0.505. The number of hydrogen-bond acceptors (Lipinski definition) is 9. The molecule has 5 heterocycles. The lowest BCUT2D eigenvalue weighted by molar-refractivity contribution is -0.124. The molecule has 0 aromatic carbocycles. The molecule has 10 nitrogen and oxygen atoms in total. The summed E-state index contributed by atoms with van der Waals surface area (Å²) in [7, 11) is 0. The number of rotatable bonds is 6. The second kappa shape index (κ2) is 9.89. The fourth-order valence-electron chi connectivity index (χ4n) is 6.38. The molecule has 6 rings (SSSR count). The molecule has 1 unspecified atom stereocenters. The number of carbonyl (C=O) groups excluding carboxylic acids is 2. The molecule has 196 valence electrons. The normalized spacial score (nSPS) is 23.1. The van der Waals surface area contributed by atoms with Crippen molar-refractivity contribution in [2.45, 2.75) is 63.5 Å². The first kappa shape index (κ1) is 24.1. The van der Waals surface area contributed by atoms with Crippen LogP contribution in [0, 0.1) is 0 Å². The number of Topliss-reactive ketones (excluding diaryl/α,β-unsaturated/α-hetero) is 1. The van der Waals surface area contributed by atoms with Gasteiger partial charge < -0.3 is 20.4 Å². The molecular formula is C27H36N8O2. The maximum absolute atomic E-state index is 12.9. The molecule has 3 fully saturated rings. The summed E-state index contributed by atoms with van der Waals surface area (Å²) in [6, 6.07) is 3.52. The third-order valence-corrected chi connectivity index (χ3v) is 8.48. The van der Waals surface area contributed by atoms with E-state index in [0.29, 0.717) is 29.7 Å². The van der Waals surface area contributed by atoms with E-state index in [9.17, 15) is 9.59 Å². The quantitative estimate of drug-likeness (QED) is 0.614. The van der Waals surface area contributed by atoms with Gasteiger partial charge in [0.25, 0.3) is 0 Å². The zero-order chi connectivity index (χ0) is 25.4. The van der Waals surface area contributed by atoms with E-state index in [2.05, 4.69) is 48.3 Å². The predicted octanol–water partition coefficient (Wildman–Crippen LogP) is 2.74. The fraction of sp³-hybridized carbons (Fsp3) is 0.593. The molecule has 2 saturated heterocycles. The van der Waals surface area contributed by atoms with Crippen molar-refractivity contribution in [1.82, 2.24) is 25.2 Å². The SMILES string of the molecule is CCCCN1CCN(c2ccc(Nc3ncc4c(n3)N3C(CC4=O)C(=O)NCC34CCCC4)nc2)CC1. The molecule has 0 bridgehead atoms. The lowest BCUT2D eigenvalue weighted by Crippen LogP contribution is -2.69. The van der Waals surface area contributed by atoms with Crippen LogP contribution in [0.25, 0.3) is 0 Å². The van der Waals surface area contributed by atoms with Crippen LogP contribution < -0.4 is 20.4 Å². The fourth-order valence-corrected chi connectivity index (χ4v) is 6.38. The van der Waals surface area contributed by atoms with E-state index < -0.39 is 6.04 Å². The third kappa shape index (κ3) is 4.52. The highest BCUT2D eigenvalue weighted by molar-refractivity contribution is 6.07. The first-order valence-electron chi connectivity index (χ1n) is 13.7. The number of nitrogens with zero attached hydrogens (tertiary/aromatic N) is 6. The molecular weight excluding hydrogens is 468 g/mol. The number of aromatic nitrogens is 3. The van der Waals surface area contributed by atoms with Gasteiger partial charge in [0.15, 0.2) is 5.78 Å². The molecule has 10 heteroatoms. The average Bonchev–Trinajstić information content (AvgIpc) is 3.39. The van der Waals surface area contributed by atoms with Crippen molar-refractivity contribution in [3.63, 3.8) is 0 Å². The van der Waals surface area contributed by atoms with E-state index in [1.54, 1.807) is 6.20 Å². The number of fused-ring (bicyclic) bond motifs is 4. The molecule has 2 N–H and O–H groups in total. The molecule has 0 radical (unpaired) electrons. The van der Waals surface area contributed by atoms with Crippen molar-refractivity contribution >= 4 is 35.0 Å². The molecule has 37 heavy (non-hydrogen) atoms. The smallest absolute Gasteiger partial charge is 0.243 e. The van der Waals surface area contributed by atoms with Crippen molar-refractivity contribution < 1.29 is 9.59 Å². The largest absolute Gasteiger partial charge is 0.368 e. The van der Waals surface area contributed by atoms with Gasteiger partial charge in [-0.05, 0) is 37.9 Å². The van der Waals surface area contributed by atoms with Crippen LogP contribution in [0.4, 0.5) is 23.3 Å². The summed E-state index contributed by atoms with van der Waals surface area (Å²) in [6.45, 7) is 8.19. The zero-order valence-electron chi connectivity index (χ0n) is 21.6. The number of ketones is 1. The van der Waals surface area contributed by atoms with Gasteiger partial charge in [0.1, 0.15) is 17.7 Å². The molecule has 2 aromatic rings. The van der Waals surface area contributed by atoms with Gasteiger partial charge in [-0.1, -0.05) is 26.2 Å². The Bertz CT molecular complexity index is 1160. The lowest BCUT2D eigenvalue weighted by atomic mass is 9.84. The van der Waals surface area contributed by atoms with E-state index in [1.165, 1.54) is 19.4 Å². The summed E-state index contributed by atoms with van der Waals surface area (Å²) in [4.78, 5) is 46.5. The van der Waals surface area contributed by atoms with Crippen LogP contribution in [0.3, 0.4) is 0 Å². The van der Waals surface area contributed by atoms with Gasteiger partial charge in [0.2, 0.25) is 11.9 Å². The van der Waals surface area contributed by atoms with Gasteiger partial charge in [-0.15, -0.1) is 0 Å². The molecule has 4 aliphatic rings. The van der Waals surface area contributed by atoms with E-state index in [0.717, 1.165) is 57.5 Å². The third-order valence-electron chi connectivity index (χ3n) is 8.48. The Labute approximate surface area is 217 Å². The van der Waals surface area contributed by atoms with Crippen LogP contribution in [-0.4, -0.2) is 82.4 Å². The summed E-state index contributed by atoms with van der Waals surface area (Å²) >= 11 is 0. The molecule has 1 saturated carbocycles. The van der Waals surface area contributed by atoms with Gasteiger partial charge in [0, 0.05) is 45.3 Å². The van der Waals surface area contributed by atoms with Gasteiger partial charge >= 0.3 is 0 Å². The van der Waals surface area contributed by atoms with Crippen LogP contribution in [0.1, 0.15) is 62.2 Å². The summed E-state index contributed by atoms with van der Waals surface area (Å²) in [5.74, 6) is 1.44. The average molecular weight is 505 g/mol. The highest BCUT2D eigenvalue weighted by Gasteiger charge is 2.52. The summed E-state index contributed by atoms with van der Waals surface area (Å²) < 4.78 is 0. The first-order valence-corrected chi connectivity index (χ1v) is 13.7. The van der Waals surface area contributed by atoms with Crippen LogP contribution in [0.15, 0.2) is 24.5 Å². The molecule has 1 aliphatic carbocycles. The van der Waals surface area contributed by atoms with E-state index in [1.807, 2.05) is 12.3 Å². The van der Waals surface area contributed by atoms with Crippen molar-refractivity contribution in [2.75, 3.05) is 54.4 Å². The molecule has 2 aromatic heterocycles. The van der Waals surface area contributed by atoms with Gasteiger partial charge in [0.05, 0.1) is 23.0 Å². The van der Waals surface area contributed by atoms with Gasteiger partial charge in [-0.2, -0.15) is 4.98 Å². The minimum Gasteiger partial charge on any atom is -0.368 e. The number of amides is 1.